The van der Waals surface area contributed by atoms with Crippen molar-refractivity contribution in [2.24, 2.45) is 11.7 Å². The number of methoxy groups -OCH3 is 1. The molecule has 2 heterocycles. The number of rotatable bonds is 9. The molecule has 5 heteroatoms. The molecule has 3 rings (SSSR count). The highest BCUT2D eigenvalue weighted by Crippen LogP contribution is 2.49. The third-order valence-corrected chi connectivity index (χ3v) is 7.15. The molecule has 1 aromatic carbocycles. The zero-order valence-corrected chi connectivity index (χ0v) is 20.2. The van der Waals surface area contributed by atoms with E-state index in [9.17, 15) is 4.79 Å². The van der Waals surface area contributed by atoms with Crippen LogP contribution in [0.3, 0.4) is 0 Å². The van der Waals surface area contributed by atoms with E-state index >= 15 is 0 Å². The van der Waals surface area contributed by atoms with Gasteiger partial charge in [0.05, 0.1) is 19.2 Å². The first-order chi connectivity index (χ1) is 14.7. The van der Waals surface area contributed by atoms with Gasteiger partial charge in [0.25, 0.3) is 0 Å². The van der Waals surface area contributed by atoms with Crippen LogP contribution in [0.5, 0.6) is 11.5 Å². The lowest BCUT2D eigenvalue weighted by Gasteiger charge is -2.42. The van der Waals surface area contributed by atoms with Crippen LogP contribution in [0, 0.1) is 5.92 Å². The van der Waals surface area contributed by atoms with Crippen molar-refractivity contribution in [2.75, 3.05) is 26.7 Å². The number of fused-ring (bicyclic) bond motifs is 2. The molecule has 0 saturated carbocycles. The number of hydrogen-bond donors (Lipinski definition) is 1. The van der Waals surface area contributed by atoms with Crippen molar-refractivity contribution in [1.29, 1.82) is 0 Å². The van der Waals surface area contributed by atoms with E-state index in [1.54, 1.807) is 7.11 Å². The lowest BCUT2D eigenvalue weighted by molar-refractivity contribution is -0.119. The minimum Gasteiger partial charge on any atom is -0.496 e. The van der Waals surface area contributed by atoms with Gasteiger partial charge in [-0.05, 0) is 60.9 Å². The first kappa shape index (κ1) is 23.6. The molecule has 0 radical (unpaired) electrons. The molecule has 0 bridgehead atoms. The summed E-state index contributed by atoms with van der Waals surface area (Å²) in [6.45, 7) is 13.0. The minimum absolute atomic E-state index is 0.278. The second-order valence-corrected chi connectivity index (χ2v) is 9.85. The van der Waals surface area contributed by atoms with Gasteiger partial charge in [-0.1, -0.05) is 46.5 Å². The highest BCUT2D eigenvalue weighted by molar-refractivity contribution is 5.83. The molecule has 0 aliphatic carbocycles. The van der Waals surface area contributed by atoms with Crippen LogP contribution < -0.4 is 15.2 Å². The summed E-state index contributed by atoms with van der Waals surface area (Å²) in [6.07, 6.45) is 5.92. The van der Waals surface area contributed by atoms with Gasteiger partial charge in [0, 0.05) is 13.1 Å². The van der Waals surface area contributed by atoms with Crippen molar-refractivity contribution < 1.29 is 14.3 Å². The summed E-state index contributed by atoms with van der Waals surface area (Å²) in [5.74, 6) is 2.50. The Morgan fingerprint density at radius 2 is 2.03 bits per heavy atom. The predicted octanol–water partition coefficient (Wildman–Crippen LogP) is 5.13. The Kier molecular flexibility index (Phi) is 7.35. The number of primary amides is 1. The molecule has 0 saturated heterocycles. The number of carbonyl (C=O) groups is 1. The summed E-state index contributed by atoms with van der Waals surface area (Å²) >= 11 is 0. The minimum atomic E-state index is -0.374. The third kappa shape index (κ3) is 5.08. The van der Waals surface area contributed by atoms with Crippen LogP contribution >= 0.6 is 0 Å². The molecule has 2 N–H and O–H groups in total. The highest BCUT2D eigenvalue weighted by Gasteiger charge is 2.39. The zero-order chi connectivity index (χ0) is 22.8. The van der Waals surface area contributed by atoms with Crippen LogP contribution in [0.15, 0.2) is 17.7 Å². The van der Waals surface area contributed by atoms with Crippen LogP contribution in [0.1, 0.15) is 83.8 Å². The van der Waals surface area contributed by atoms with E-state index in [1.807, 2.05) is 0 Å². The molecule has 31 heavy (non-hydrogen) atoms. The SMILES string of the molecule is CCCCCC(C)C(C)c1cc(OC)c2c(c1)OC(C)(C)C1=C2CN(CC(N)=O)CC1. The Balaban J connectivity index is 1.98. The van der Waals surface area contributed by atoms with E-state index < -0.39 is 0 Å². The third-order valence-electron chi connectivity index (χ3n) is 7.15. The van der Waals surface area contributed by atoms with Crippen molar-refractivity contribution in [3.05, 3.63) is 28.8 Å². The van der Waals surface area contributed by atoms with Gasteiger partial charge in [0.15, 0.2) is 0 Å². The maximum absolute atomic E-state index is 11.5. The molecule has 0 aromatic heterocycles. The van der Waals surface area contributed by atoms with Crippen LogP contribution in [0.25, 0.3) is 5.57 Å². The van der Waals surface area contributed by atoms with Crippen molar-refractivity contribution in [3.63, 3.8) is 0 Å². The van der Waals surface area contributed by atoms with Crippen molar-refractivity contribution >= 4 is 11.5 Å². The molecular formula is C26H40N2O3. The molecule has 2 aliphatic heterocycles. The maximum atomic E-state index is 11.5. The summed E-state index contributed by atoms with van der Waals surface area (Å²) in [5, 5.41) is 0. The van der Waals surface area contributed by atoms with Crippen LogP contribution in [0.2, 0.25) is 0 Å². The van der Waals surface area contributed by atoms with Crippen LogP contribution in [-0.4, -0.2) is 43.2 Å². The fraction of sp³-hybridized carbons (Fsp3) is 0.654. The Morgan fingerprint density at radius 3 is 2.68 bits per heavy atom. The van der Waals surface area contributed by atoms with Gasteiger partial charge in [-0.3, -0.25) is 9.69 Å². The van der Waals surface area contributed by atoms with Gasteiger partial charge in [0.2, 0.25) is 5.91 Å². The normalized spacial score (nSPS) is 19.8. The second kappa shape index (κ2) is 9.64. The predicted molar refractivity (Wildman–Crippen MR) is 127 cm³/mol. The zero-order valence-electron chi connectivity index (χ0n) is 20.2. The lowest BCUT2D eigenvalue weighted by atomic mass is 9.79. The smallest absolute Gasteiger partial charge is 0.231 e. The van der Waals surface area contributed by atoms with Gasteiger partial charge in [-0.25, -0.2) is 0 Å². The Hall–Kier alpha value is -2.01. The molecule has 1 amide bonds. The largest absolute Gasteiger partial charge is 0.496 e. The molecule has 2 unspecified atom stereocenters. The van der Waals surface area contributed by atoms with E-state index in [2.05, 4.69) is 51.7 Å². The molecule has 0 spiro atoms. The average Bonchev–Trinajstić information content (AvgIpc) is 2.71. The number of amides is 1. The molecule has 0 fully saturated rings. The fourth-order valence-electron chi connectivity index (χ4n) is 5.11. The molecule has 1 aromatic rings. The lowest BCUT2D eigenvalue weighted by Crippen LogP contribution is -2.44. The Bertz CT molecular complexity index is 843. The number of hydrogen-bond acceptors (Lipinski definition) is 4. The molecular weight excluding hydrogens is 388 g/mol. The van der Waals surface area contributed by atoms with Gasteiger partial charge >= 0.3 is 0 Å². The summed E-state index contributed by atoms with van der Waals surface area (Å²) in [4.78, 5) is 13.6. The quantitative estimate of drug-likeness (QED) is 0.554. The first-order valence-corrected chi connectivity index (χ1v) is 11.8. The van der Waals surface area contributed by atoms with Gasteiger partial charge in [0.1, 0.15) is 17.1 Å². The van der Waals surface area contributed by atoms with Gasteiger partial charge in [-0.2, -0.15) is 0 Å². The second-order valence-electron chi connectivity index (χ2n) is 9.85. The number of ether oxygens (including phenoxy) is 2. The topological polar surface area (TPSA) is 64.8 Å². The van der Waals surface area contributed by atoms with Crippen LogP contribution in [0.4, 0.5) is 0 Å². The standard InChI is InChI=1S/C26H40N2O3/c1-7-8-9-10-17(2)18(3)19-13-22(30-6)25-20-15-28(16-24(27)29)12-11-21(20)26(4,5)31-23(25)14-19/h13-14,17-18H,7-12,15-16H2,1-6H3,(H2,27,29). The molecule has 172 valence electrons. The summed E-state index contributed by atoms with van der Waals surface area (Å²) in [7, 11) is 1.73. The molecule has 2 aliphatic rings. The Labute approximate surface area is 188 Å². The van der Waals surface area contributed by atoms with E-state index in [0.717, 1.165) is 30.0 Å². The number of benzene rings is 1. The monoisotopic (exact) mass is 428 g/mol. The number of carbonyl (C=O) groups excluding carboxylic acids is 1. The van der Waals surface area contributed by atoms with Gasteiger partial charge in [-0.15, -0.1) is 0 Å². The highest BCUT2D eigenvalue weighted by atomic mass is 16.5. The number of nitrogens with zero attached hydrogens (tertiary/aromatic N) is 1. The van der Waals surface area contributed by atoms with E-state index in [-0.39, 0.29) is 18.1 Å². The Morgan fingerprint density at radius 1 is 1.29 bits per heavy atom. The maximum Gasteiger partial charge on any atom is 0.231 e. The first-order valence-electron chi connectivity index (χ1n) is 11.8. The van der Waals surface area contributed by atoms with Crippen molar-refractivity contribution in [3.8, 4) is 11.5 Å². The van der Waals surface area contributed by atoms with Crippen molar-refractivity contribution in [2.45, 2.75) is 78.2 Å². The van der Waals surface area contributed by atoms with E-state index in [4.69, 9.17) is 15.2 Å². The van der Waals surface area contributed by atoms with E-state index in [1.165, 1.54) is 42.4 Å². The van der Waals surface area contributed by atoms with Gasteiger partial charge < -0.3 is 15.2 Å². The summed E-state index contributed by atoms with van der Waals surface area (Å²) in [5.41, 5.74) is 9.94. The fourth-order valence-corrected chi connectivity index (χ4v) is 5.11. The van der Waals surface area contributed by atoms with Crippen LogP contribution in [-0.2, 0) is 4.79 Å². The number of nitrogens with two attached hydrogens (primary N) is 1. The number of unbranched alkanes of at least 4 members (excludes halogenated alkanes) is 2. The summed E-state index contributed by atoms with van der Waals surface area (Å²) < 4.78 is 12.5. The molecule has 5 nitrogen and oxygen atoms in total. The average molecular weight is 429 g/mol. The molecule has 2 atom stereocenters. The van der Waals surface area contributed by atoms with E-state index in [0.29, 0.717) is 18.4 Å². The summed E-state index contributed by atoms with van der Waals surface area (Å²) in [6, 6.07) is 4.41. The van der Waals surface area contributed by atoms with Crippen molar-refractivity contribution in [1.82, 2.24) is 4.90 Å².